The summed E-state index contributed by atoms with van der Waals surface area (Å²) >= 11 is 0. The molecule has 0 saturated carbocycles. The van der Waals surface area contributed by atoms with Crippen LogP contribution >= 0.6 is 0 Å². The van der Waals surface area contributed by atoms with Crippen LogP contribution in [-0.4, -0.2) is 30.5 Å². The molecule has 0 spiro atoms. The number of aromatic nitrogens is 1. The standard InChI is InChI=1S/C15H16N2O4/c1-11-5-3-4-6-13(11)17(8-7-14(18)20-2)15(19)12-9-21-10-16-12/h3-6,9-10H,7-8H2,1-2H3. The summed E-state index contributed by atoms with van der Waals surface area (Å²) in [4.78, 5) is 29.2. The molecule has 6 heteroatoms. The Morgan fingerprint density at radius 2 is 2.10 bits per heavy atom. The molecular weight excluding hydrogens is 272 g/mol. The van der Waals surface area contributed by atoms with E-state index in [-0.39, 0.29) is 30.5 Å². The third-order valence-electron chi connectivity index (χ3n) is 3.07. The Balaban J connectivity index is 2.28. The lowest BCUT2D eigenvalue weighted by atomic mass is 10.1. The van der Waals surface area contributed by atoms with Crippen molar-refractivity contribution in [2.24, 2.45) is 0 Å². The van der Waals surface area contributed by atoms with Crippen LogP contribution in [-0.2, 0) is 9.53 Å². The van der Waals surface area contributed by atoms with Gasteiger partial charge in [-0.25, -0.2) is 4.98 Å². The number of hydrogen-bond acceptors (Lipinski definition) is 5. The lowest BCUT2D eigenvalue weighted by Gasteiger charge is -2.23. The van der Waals surface area contributed by atoms with Crippen LogP contribution in [0.3, 0.4) is 0 Å². The summed E-state index contributed by atoms with van der Waals surface area (Å²) in [7, 11) is 1.32. The van der Waals surface area contributed by atoms with E-state index in [2.05, 4.69) is 9.72 Å². The molecule has 0 aliphatic rings. The van der Waals surface area contributed by atoms with Gasteiger partial charge in [0.2, 0.25) is 0 Å². The maximum atomic E-state index is 12.5. The van der Waals surface area contributed by atoms with Gasteiger partial charge in [0, 0.05) is 12.2 Å². The van der Waals surface area contributed by atoms with Gasteiger partial charge < -0.3 is 14.1 Å². The molecule has 1 aromatic carbocycles. The molecule has 0 atom stereocenters. The third kappa shape index (κ3) is 3.47. The fourth-order valence-corrected chi connectivity index (χ4v) is 1.96. The summed E-state index contributed by atoms with van der Waals surface area (Å²) in [6.07, 6.45) is 2.59. The van der Waals surface area contributed by atoms with Gasteiger partial charge in [-0.3, -0.25) is 9.59 Å². The van der Waals surface area contributed by atoms with Gasteiger partial charge in [-0.1, -0.05) is 18.2 Å². The first-order chi connectivity index (χ1) is 10.1. The van der Waals surface area contributed by atoms with E-state index in [9.17, 15) is 9.59 Å². The largest absolute Gasteiger partial charge is 0.469 e. The molecule has 2 aromatic rings. The second-order valence-electron chi connectivity index (χ2n) is 4.44. The van der Waals surface area contributed by atoms with Crippen molar-refractivity contribution >= 4 is 17.6 Å². The smallest absolute Gasteiger partial charge is 0.307 e. The predicted molar refractivity (Wildman–Crippen MR) is 76.0 cm³/mol. The highest BCUT2D eigenvalue weighted by Gasteiger charge is 2.22. The van der Waals surface area contributed by atoms with Crippen molar-refractivity contribution in [1.29, 1.82) is 0 Å². The second-order valence-corrected chi connectivity index (χ2v) is 4.44. The van der Waals surface area contributed by atoms with Gasteiger partial charge in [-0.05, 0) is 18.6 Å². The maximum absolute atomic E-state index is 12.5. The highest BCUT2D eigenvalue weighted by Crippen LogP contribution is 2.21. The van der Waals surface area contributed by atoms with Gasteiger partial charge in [-0.2, -0.15) is 0 Å². The molecule has 6 nitrogen and oxygen atoms in total. The fraction of sp³-hybridized carbons (Fsp3) is 0.267. The Morgan fingerprint density at radius 3 is 2.71 bits per heavy atom. The van der Waals surface area contributed by atoms with E-state index in [0.29, 0.717) is 0 Å². The van der Waals surface area contributed by atoms with Crippen LogP contribution in [0.25, 0.3) is 0 Å². The van der Waals surface area contributed by atoms with Crippen LogP contribution in [0, 0.1) is 6.92 Å². The second kappa shape index (κ2) is 6.69. The molecule has 0 aliphatic carbocycles. The molecule has 1 amide bonds. The highest BCUT2D eigenvalue weighted by molar-refractivity contribution is 6.05. The van der Waals surface area contributed by atoms with Crippen LogP contribution in [0.15, 0.2) is 41.3 Å². The van der Waals surface area contributed by atoms with Crippen LogP contribution in [0.4, 0.5) is 5.69 Å². The first-order valence-corrected chi connectivity index (χ1v) is 6.46. The Labute approximate surface area is 122 Å². The lowest BCUT2D eigenvalue weighted by Crippen LogP contribution is -2.34. The highest BCUT2D eigenvalue weighted by atomic mass is 16.5. The summed E-state index contributed by atoms with van der Waals surface area (Å²) in [5.41, 5.74) is 1.86. The molecule has 0 radical (unpaired) electrons. The van der Waals surface area contributed by atoms with Crippen molar-refractivity contribution in [1.82, 2.24) is 4.98 Å². The van der Waals surface area contributed by atoms with Gasteiger partial charge in [-0.15, -0.1) is 0 Å². The third-order valence-corrected chi connectivity index (χ3v) is 3.07. The number of esters is 1. The van der Waals surface area contributed by atoms with E-state index in [1.54, 1.807) is 0 Å². The van der Waals surface area contributed by atoms with Crippen LogP contribution in [0.1, 0.15) is 22.5 Å². The Kier molecular flexibility index (Phi) is 4.71. The van der Waals surface area contributed by atoms with Gasteiger partial charge in [0.25, 0.3) is 5.91 Å². The van der Waals surface area contributed by atoms with E-state index in [1.165, 1.54) is 24.7 Å². The van der Waals surface area contributed by atoms with Crippen molar-refractivity contribution in [3.63, 3.8) is 0 Å². The van der Waals surface area contributed by atoms with E-state index in [1.807, 2.05) is 31.2 Å². The van der Waals surface area contributed by atoms with Gasteiger partial charge >= 0.3 is 5.97 Å². The number of oxazole rings is 1. The lowest BCUT2D eigenvalue weighted by molar-refractivity contribution is -0.140. The minimum atomic E-state index is -0.374. The van der Waals surface area contributed by atoms with Crippen LogP contribution in [0.5, 0.6) is 0 Å². The summed E-state index contributed by atoms with van der Waals surface area (Å²) in [6, 6.07) is 7.45. The normalized spacial score (nSPS) is 10.2. The number of amides is 1. The van der Waals surface area contributed by atoms with Crippen molar-refractivity contribution in [2.45, 2.75) is 13.3 Å². The summed E-state index contributed by atoms with van der Waals surface area (Å²) in [5, 5.41) is 0. The SMILES string of the molecule is COC(=O)CCN(C(=O)c1cocn1)c1ccccc1C. The molecule has 0 saturated heterocycles. The first kappa shape index (κ1) is 14.8. The first-order valence-electron chi connectivity index (χ1n) is 6.46. The number of para-hydroxylation sites is 1. The Bertz CT molecular complexity index is 622. The zero-order valence-electron chi connectivity index (χ0n) is 11.9. The van der Waals surface area contributed by atoms with Crippen molar-refractivity contribution < 1.29 is 18.7 Å². The molecule has 0 fully saturated rings. The molecule has 1 heterocycles. The monoisotopic (exact) mass is 288 g/mol. The van der Waals surface area contributed by atoms with Crippen molar-refractivity contribution in [3.05, 3.63) is 48.2 Å². The average Bonchev–Trinajstić information content (AvgIpc) is 3.02. The molecule has 2 rings (SSSR count). The number of aryl methyl sites for hydroxylation is 1. The minimum Gasteiger partial charge on any atom is -0.469 e. The summed E-state index contributed by atoms with van der Waals surface area (Å²) in [5.74, 6) is -0.691. The predicted octanol–water partition coefficient (Wildman–Crippen LogP) is 2.19. The maximum Gasteiger partial charge on any atom is 0.307 e. The van der Waals surface area contributed by atoms with E-state index in [4.69, 9.17) is 4.42 Å². The molecule has 0 unspecified atom stereocenters. The van der Waals surface area contributed by atoms with Gasteiger partial charge in [0.15, 0.2) is 12.1 Å². The van der Waals surface area contributed by atoms with Gasteiger partial charge in [0.1, 0.15) is 6.26 Å². The zero-order chi connectivity index (χ0) is 15.2. The molecule has 110 valence electrons. The molecule has 1 aromatic heterocycles. The number of hydrogen-bond donors (Lipinski definition) is 0. The molecule has 21 heavy (non-hydrogen) atoms. The number of benzene rings is 1. The van der Waals surface area contributed by atoms with Gasteiger partial charge in [0.05, 0.1) is 13.5 Å². The number of rotatable bonds is 5. The minimum absolute atomic E-state index is 0.106. The quantitative estimate of drug-likeness (QED) is 0.789. The fourth-order valence-electron chi connectivity index (χ4n) is 1.96. The number of methoxy groups -OCH3 is 1. The average molecular weight is 288 g/mol. The zero-order valence-corrected chi connectivity index (χ0v) is 11.9. The van der Waals surface area contributed by atoms with E-state index >= 15 is 0 Å². The van der Waals surface area contributed by atoms with Crippen LogP contribution < -0.4 is 4.90 Å². The van der Waals surface area contributed by atoms with Crippen LogP contribution in [0.2, 0.25) is 0 Å². The Morgan fingerprint density at radius 1 is 1.33 bits per heavy atom. The molecule has 0 aliphatic heterocycles. The molecular formula is C15H16N2O4. The molecule has 0 bridgehead atoms. The number of anilines is 1. The summed E-state index contributed by atoms with van der Waals surface area (Å²) < 4.78 is 9.47. The number of carbonyl (C=O) groups excluding carboxylic acids is 2. The van der Waals surface area contributed by atoms with Crippen molar-refractivity contribution in [2.75, 3.05) is 18.6 Å². The van der Waals surface area contributed by atoms with Crippen molar-refractivity contribution in [3.8, 4) is 0 Å². The Hall–Kier alpha value is -2.63. The number of carbonyl (C=O) groups is 2. The topological polar surface area (TPSA) is 72.6 Å². The number of ether oxygens (including phenoxy) is 1. The summed E-state index contributed by atoms with van der Waals surface area (Å²) in [6.45, 7) is 2.11. The van der Waals surface area contributed by atoms with E-state index in [0.717, 1.165) is 11.3 Å². The molecule has 0 N–H and O–H groups in total. The van der Waals surface area contributed by atoms with E-state index < -0.39 is 0 Å². The number of nitrogens with zero attached hydrogens (tertiary/aromatic N) is 2.